The molecule has 1 aromatic heterocycles. The number of nitrogens with one attached hydrogen (secondary N) is 1. The highest BCUT2D eigenvalue weighted by Gasteiger charge is 2.06. The lowest BCUT2D eigenvalue weighted by Gasteiger charge is -2.06. The number of amides is 1. The van der Waals surface area contributed by atoms with Crippen LogP contribution in [0.25, 0.3) is 0 Å². The van der Waals surface area contributed by atoms with E-state index in [2.05, 4.69) is 15.5 Å². The van der Waals surface area contributed by atoms with E-state index in [1.807, 2.05) is 0 Å². The Kier molecular flexibility index (Phi) is 3.82. The minimum atomic E-state index is -0.297. The molecule has 0 saturated heterocycles. The van der Waals surface area contributed by atoms with Crippen LogP contribution in [0.15, 0.2) is 47.8 Å². The fourth-order valence-electron chi connectivity index (χ4n) is 1.47. The van der Waals surface area contributed by atoms with E-state index in [9.17, 15) is 9.70 Å². The molecule has 0 bridgehead atoms. The van der Waals surface area contributed by atoms with Gasteiger partial charge in [0.15, 0.2) is 0 Å². The first-order valence-corrected chi connectivity index (χ1v) is 5.52. The third-order valence-corrected chi connectivity index (χ3v) is 2.35. The summed E-state index contributed by atoms with van der Waals surface area (Å²) in [6.45, 7) is 0. The van der Waals surface area contributed by atoms with Gasteiger partial charge in [-0.05, 0) is 23.4 Å². The van der Waals surface area contributed by atoms with Crippen LogP contribution in [0.3, 0.4) is 0 Å². The van der Waals surface area contributed by atoms with Crippen molar-refractivity contribution in [3.63, 3.8) is 0 Å². The summed E-state index contributed by atoms with van der Waals surface area (Å²) in [6.07, 6.45) is 1.47. The SMILES string of the molecule is CNC(=O)c1cc(Oc2cccc(N=O)c2)ccn1. The fraction of sp³-hybridized carbons (Fsp3) is 0.0769. The van der Waals surface area contributed by atoms with Gasteiger partial charge in [0, 0.05) is 25.4 Å². The van der Waals surface area contributed by atoms with Crippen LogP contribution in [0, 0.1) is 4.91 Å². The summed E-state index contributed by atoms with van der Waals surface area (Å²) in [7, 11) is 1.52. The zero-order valence-electron chi connectivity index (χ0n) is 10.2. The maximum atomic E-state index is 11.4. The van der Waals surface area contributed by atoms with Crippen molar-refractivity contribution < 1.29 is 9.53 Å². The molecule has 0 unspecified atom stereocenters. The molecule has 0 atom stereocenters. The number of ether oxygens (including phenoxy) is 1. The average Bonchev–Trinajstić information content (AvgIpc) is 2.47. The summed E-state index contributed by atoms with van der Waals surface area (Å²) >= 11 is 0. The van der Waals surface area contributed by atoms with Crippen LogP contribution in [-0.2, 0) is 0 Å². The molecule has 6 heteroatoms. The molecular formula is C13H11N3O3. The summed E-state index contributed by atoms with van der Waals surface area (Å²) < 4.78 is 5.54. The molecule has 19 heavy (non-hydrogen) atoms. The highest BCUT2D eigenvalue weighted by Crippen LogP contribution is 2.25. The maximum Gasteiger partial charge on any atom is 0.269 e. The van der Waals surface area contributed by atoms with Gasteiger partial charge in [-0.2, -0.15) is 0 Å². The molecule has 1 N–H and O–H groups in total. The third kappa shape index (κ3) is 3.12. The quantitative estimate of drug-likeness (QED) is 0.854. The van der Waals surface area contributed by atoms with Crippen LogP contribution >= 0.6 is 0 Å². The number of nitrogens with zero attached hydrogens (tertiary/aromatic N) is 2. The number of hydrogen-bond acceptors (Lipinski definition) is 5. The molecule has 0 aliphatic rings. The fourth-order valence-corrected chi connectivity index (χ4v) is 1.47. The van der Waals surface area contributed by atoms with Gasteiger partial charge in [-0.15, -0.1) is 4.91 Å². The topological polar surface area (TPSA) is 80.6 Å². The molecule has 0 radical (unpaired) electrons. The normalized spacial score (nSPS) is 9.74. The number of rotatable bonds is 4. The molecule has 2 rings (SSSR count). The first kappa shape index (κ1) is 12.7. The summed E-state index contributed by atoms with van der Waals surface area (Å²) in [5.74, 6) is 0.622. The molecule has 96 valence electrons. The molecule has 6 nitrogen and oxygen atoms in total. The summed E-state index contributed by atoms with van der Waals surface area (Å²) in [6, 6.07) is 9.56. The largest absolute Gasteiger partial charge is 0.457 e. The Morgan fingerprint density at radius 3 is 2.79 bits per heavy atom. The second-order valence-electron chi connectivity index (χ2n) is 3.65. The van der Waals surface area contributed by atoms with Gasteiger partial charge in [0.25, 0.3) is 5.91 Å². The van der Waals surface area contributed by atoms with E-state index < -0.39 is 0 Å². The molecule has 0 saturated carbocycles. The van der Waals surface area contributed by atoms with E-state index in [0.717, 1.165) is 0 Å². The molecule has 2 aromatic rings. The first-order chi connectivity index (χ1) is 9.22. The minimum absolute atomic E-state index is 0.254. The van der Waals surface area contributed by atoms with E-state index in [-0.39, 0.29) is 17.3 Å². The summed E-state index contributed by atoms with van der Waals surface area (Å²) in [4.78, 5) is 25.8. The zero-order chi connectivity index (χ0) is 13.7. The van der Waals surface area contributed by atoms with E-state index in [1.54, 1.807) is 24.3 Å². The van der Waals surface area contributed by atoms with Gasteiger partial charge < -0.3 is 10.1 Å². The van der Waals surface area contributed by atoms with Crippen molar-refractivity contribution in [2.24, 2.45) is 5.18 Å². The summed E-state index contributed by atoms with van der Waals surface area (Å²) in [5, 5.41) is 5.30. The van der Waals surface area contributed by atoms with E-state index in [4.69, 9.17) is 4.74 Å². The predicted octanol–water partition coefficient (Wildman–Crippen LogP) is 2.63. The zero-order valence-corrected chi connectivity index (χ0v) is 10.2. The van der Waals surface area contributed by atoms with Crippen molar-refractivity contribution in [3.05, 3.63) is 53.2 Å². The van der Waals surface area contributed by atoms with Crippen molar-refractivity contribution >= 4 is 11.6 Å². The molecule has 1 amide bonds. The Morgan fingerprint density at radius 1 is 1.26 bits per heavy atom. The molecule has 0 aliphatic heterocycles. The van der Waals surface area contributed by atoms with Crippen molar-refractivity contribution in [1.82, 2.24) is 10.3 Å². The van der Waals surface area contributed by atoms with Crippen LogP contribution in [0.5, 0.6) is 11.5 Å². The average molecular weight is 257 g/mol. The van der Waals surface area contributed by atoms with Crippen LogP contribution in [-0.4, -0.2) is 17.9 Å². The van der Waals surface area contributed by atoms with Crippen LogP contribution in [0.4, 0.5) is 5.69 Å². The number of hydrogen-bond donors (Lipinski definition) is 1. The predicted molar refractivity (Wildman–Crippen MR) is 69.6 cm³/mol. The van der Waals surface area contributed by atoms with Crippen molar-refractivity contribution in [1.29, 1.82) is 0 Å². The standard InChI is InChI=1S/C13H11N3O3/c1-14-13(17)12-8-11(5-6-15-12)19-10-4-2-3-9(7-10)16-18/h2-8H,1H3,(H,14,17). The number of carbonyl (C=O) groups is 1. The molecule has 1 heterocycles. The van der Waals surface area contributed by atoms with Crippen LogP contribution in [0.2, 0.25) is 0 Å². The number of benzene rings is 1. The lowest BCUT2D eigenvalue weighted by molar-refractivity contribution is 0.0958. The van der Waals surface area contributed by atoms with E-state index in [1.165, 1.54) is 25.4 Å². The number of aromatic nitrogens is 1. The van der Waals surface area contributed by atoms with Gasteiger partial charge in [0.1, 0.15) is 22.9 Å². The van der Waals surface area contributed by atoms with E-state index >= 15 is 0 Å². The highest BCUT2D eigenvalue weighted by molar-refractivity contribution is 5.92. The maximum absolute atomic E-state index is 11.4. The minimum Gasteiger partial charge on any atom is -0.457 e. The lowest BCUT2D eigenvalue weighted by atomic mass is 10.3. The summed E-state index contributed by atoms with van der Waals surface area (Å²) in [5.41, 5.74) is 0.530. The second kappa shape index (κ2) is 5.72. The van der Waals surface area contributed by atoms with Gasteiger partial charge in [-0.3, -0.25) is 9.78 Å². The Labute approximate surface area is 109 Å². The Bertz CT molecular complexity index is 614. The van der Waals surface area contributed by atoms with Crippen LogP contribution < -0.4 is 10.1 Å². The smallest absolute Gasteiger partial charge is 0.269 e. The van der Waals surface area contributed by atoms with Gasteiger partial charge >= 0.3 is 0 Å². The third-order valence-electron chi connectivity index (χ3n) is 2.35. The second-order valence-corrected chi connectivity index (χ2v) is 3.65. The lowest BCUT2D eigenvalue weighted by Crippen LogP contribution is -2.18. The Hall–Kier alpha value is -2.76. The van der Waals surface area contributed by atoms with Gasteiger partial charge in [0.05, 0.1) is 0 Å². The Morgan fingerprint density at radius 2 is 2.05 bits per heavy atom. The number of nitroso groups, excluding NO2 is 1. The first-order valence-electron chi connectivity index (χ1n) is 5.52. The molecule has 0 spiro atoms. The molecule has 0 fully saturated rings. The van der Waals surface area contributed by atoms with Gasteiger partial charge in [-0.1, -0.05) is 6.07 Å². The highest BCUT2D eigenvalue weighted by atomic mass is 16.5. The van der Waals surface area contributed by atoms with Crippen LogP contribution in [0.1, 0.15) is 10.5 Å². The molecule has 1 aromatic carbocycles. The molecular weight excluding hydrogens is 246 g/mol. The van der Waals surface area contributed by atoms with E-state index in [0.29, 0.717) is 11.5 Å². The number of pyridine rings is 1. The number of carbonyl (C=O) groups excluding carboxylic acids is 1. The monoisotopic (exact) mass is 257 g/mol. The van der Waals surface area contributed by atoms with Gasteiger partial charge in [0.2, 0.25) is 0 Å². The van der Waals surface area contributed by atoms with Crippen molar-refractivity contribution in [3.8, 4) is 11.5 Å². The van der Waals surface area contributed by atoms with Crippen molar-refractivity contribution in [2.75, 3.05) is 7.05 Å². The Balaban J connectivity index is 2.23. The van der Waals surface area contributed by atoms with Gasteiger partial charge in [-0.25, -0.2) is 0 Å². The molecule has 0 aliphatic carbocycles. The van der Waals surface area contributed by atoms with Crippen molar-refractivity contribution in [2.45, 2.75) is 0 Å².